The largest absolute Gasteiger partial charge is 0.505 e. The second kappa shape index (κ2) is 16.7. The van der Waals surface area contributed by atoms with Crippen LogP contribution in [0.1, 0.15) is 6.92 Å². The Morgan fingerprint density at radius 3 is 2.00 bits per heavy atom. The van der Waals surface area contributed by atoms with Gasteiger partial charge in [-0.2, -0.15) is 25.3 Å². The quantitative estimate of drug-likeness (QED) is 0.0144. The summed E-state index contributed by atoms with van der Waals surface area (Å²) >= 11 is 0.697. The van der Waals surface area contributed by atoms with Crippen molar-refractivity contribution in [2.24, 2.45) is 20.5 Å². The van der Waals surface area contributed by atoms with E-state index in [1.54, 1.807) is 0 Å². The van der Waals surface area contributed by atoms with Crippen LogP contribution < -0.4 is 11.1 Å². The van der Waals surface area contributed by atoms with Gasteiger partial charge in [-0.3, -0.25) is 18.5 Å². The molecule has 0 aliphatic heterocycles. The zero-order chi connectivity index (χ0) is 41.2. The Morgan fingerprint density at radius 2 is 1.38 bits per heavy atom. The van der Waals surface area contributed by atoms with E-state index >= 15 is 0 Å². The van der Waals surface area contributed by atoms with Crippen LogP contribution in [0.3, 0.4) is 0 Å². The number of nitrogen functional groups attached to an aromatic ring is 1. The molecule has 5 aromatic carbocycles. The fourth-order valence-corrected chi connectivity index (χ4v) is 8.19. The van der Waals surface area contributed by atoms with E-state index in [1.807, 2.05) is 0 Å². The predicted octanol–water partition coefficient (Wildman–Crippen LogP) is 6.67. The van der Waals surface area contributed by atoms with E-state index < -0.39 is 68.1 Å². The van der Waals surface area contributed by atoms with Gasteiger partial charge in [-0.1, -0.05) is 28.3 Å². The number of hydrogen-bond acceptors (Lipinski definition) is 21. The normalized spacial score (nSPS) is 12.7. The second-order valence-electron chi connectivity index (χ2n) is 10.7. The van der Waals surface area contributed by atoms with Crippen molar-refractivity contribution in [2.75, 3.05) is 11.1 Å². The van der Waals surface area contributed by atoms with Crippen LogP contribution in [0.2, 0.25) is 0 Å². The van der Waals surface area contributed by atoms with Crippen LogP contribution in [0, 0.1) is 0 Å². The first kappa shape index (κ1) is 42.2. The van der Waals surface area contributed by atoms with Gasteiger partial charge in [0.25, 0.3) is 30.4 Å². The summed E-state index contributed by atoms with van der Waals surface area (Å²) in [7, 11) is -15.2. The number of phenolic OH excluding ortho intramolecular Hbond substituents is 1. The number of carbonyl (C=O) groups is 1. The van der Waals surface area contributed by atoms with Gasteiger partial charge in [-0.05, 0) is 47.9 Å². The zero-order valence-electron chi connectivity index (χ0n) is 27.4. The van der Waals surface area contributed by atoms with E-state index in [1.165, 1.54) is 12.1 Å². The topological polar surface area (TPSA) is 365 Å². The van der Waals surface area contributed by atoms with Crippen molar-refractivity contribution in [1.82, 2.24) is 0 Å². The molecule has 0 unspecified atom stereocenters. The lowest BCUT2D eigenvalue weighted by Gasteiger charge is -2.13. The summed E-state index contributed by atoms with van der Waals surface area (Å²) in [5.74, 6) is -1.58. The summed E-state index contributed by atoms with van der Waals surface area (Å²) in [6.07, 6.45) is 0. The van der Waals surface area contributed by atoms with Crippen molar-refractivity contribution in [3.8, 4) is 5.75 Å². The molecule has 23 nitrogen and oxygen atoms in total. The van der Waals surface area contributed by atoms with Crippen LogP contribution in [-0.2, 0) is 53.9 Å². The maximum absolute atomic E-state index is 12.5. The van der Waals surface area contributed by atoms with Crippen molar-refractivity contribution in [1.29, 1.82) is 0 Å². The summed E-state index contributed by atoms with van der Waals surface area (Å²) in [6, 6.07) is 10.8. The Kier molecular flexibility index (Phi) is 12.6. The van der Waals surface area contributed by atoms with Crippen molar-refractivity contribution in [3.05, 3.63) is 60.7 Å². The molecule has 5 rings (SSSR count). The molecule has 0 aromatic heterocycles. The minimum absolute atomic E-state index is 0.0482. The highest BCUT2D eigenvalue weighted by Crippen LogP contribution is 2.47. The van der Waals surface area contributed by atoms with Crippen LogP contribution in [0.4, 0.5) is 34.1 Å². The maximum atomic E-state index is 12.5. The number of nitrogens with two attached hydrogens (primary N) is 1. The number of amides is 1. The number of nitrogens with zero attached hydrogens (tertiary/aromatic N) is 4. The van der Waals surface area contributed by atoms with E-state index in [9.17, 15) is 48.8 Å². The average molecular weight is 875 g/mol. The van der Waals surface area contributed by atoms with Crippen LogP contribution >= 0.6 is 24.1 Å². The Bertz CT molecular complexity index is 2800. The highest BCUT2D eigenvalue weighted by molar-refractivity contribution is 7.95. The first-order valence-corrected chi connectivity index (χ1v) is 20.2. The molecule has 0 aliphatic rings. The van der Waals surface area contributed by atoms with Gasteiger partial charge in [0.1, 0.15) is 37.4 Å². The number of benzene rings is 5. The van der Waals surface area contributed by atoms with E-state index in [-0.39, 0.29) is 66.1 Å². The SMILES string of the molecule is CC(=O)Nc1cc(N=Nc2c(S(=O)(=O)O)cc3cc(SOOO)cc(N)c3c2O)c(SOOO)cc1N=Nc1ccc2c(S(=O)(=O)O)cccc2c1S(=O)(=O)O. The van der Waals surface area contributed by atoms with Crippen molar-refractivity contribution >= 4 is 116 Å². The third kappa shape index (κ3) is 9.36. The summed E-state index contributed by atoms with van der Waals surface area (Å²) in [5, 5.41) is 52.7. The molecule has 0 aliphatic carbocycles. The number of nitrogens with one attached hydrogen (secondary N) is 1. The highest BCUT2D eigenvalue weighted by Gasteiger charge is 2.26. The number of anilines is 2. The Hall–Kier alpha value is -4.92. The summed E-state index contributed by atoms with van der Waals surface area (Å²) in [4.78, 5) is 9.62. The van der Waals surface area contributed by atoms with Gasteiger partial charge in [-0.25, -0.2) is 10.5 Å². The molecular formula is C28H22N6O17S5. The van der Waals surface area contributed by atoms with Crippen LogP contribution in [-0.4, -0.2) is 60.4 Å². The average Bonchev–Trinajstić information content (AvgIpc) is 3.10. The summed E-state index contributed by atoms with van der Waals surface area (Å²) < 4.78 is 112. The molecule has 9 N–H and O–H groups in total. The number of aromatic hydroxyl groups is 1. The molecule has 5 aromatic rings. The highest BCUT2D eigenvalue weighted by atomic mass is 32.2. The summed E-state index contributed by atoms with van der Waals surface area (Å²) in [5.41, 5.74) is 3.70. The number of rotatable bonds is 14. The zero-order valence-corrected chi connectivity index (χ0v) is 31.4. The minimum atomic E-state index is -5.16. The monoisotopic (exact) mass is 874 g/mol. The number of azo groups is 2. The molecule has 0 saturated heterocycles. The Balaban J connectivity index is 1.69. The molecule has 0 saturated carbocycles. The third-order valence-electron chi connectivity index (χ3n) is 7.15. The molecule has 0 spiro atoms. The molecule has 0 fully saturated rings. The van der Waals surface area contributed by atoms with E-state index in [0.29, 0.717) is 12.0 Å². The molecule has 0 bridgehead atoms. The molecule has 56 heavy (non-hydrogen) atoms. The number of carbonyl (C=O) groups excluding carboxylic acids is 1. The third-order valence-corrected chi connectivity index (χ3v) is 11.1. The molecule has 28 heteroatoms. The lowest BCUT2D eigenvalue weighted by atomic mass is 10.1. The van der Waals surface area contributed by atoms with Gasteiger partial charge in [0.05, 0.1) is 34.7 Å². The predicted molar refractivity (Wildman–Crippen MR) is 194 cm³/mol. The maximum Gasteiger partial charge on any atom is 0.297 e. The number of hydrogen-bond donors (Lipinski definition) is 8. The van der Waals surface area contributed by atoms with Crippen molar-refractivity contribution in [3.63, 3.8) is 0 Å². The van der Waals surface area contributed by atoms with E-state index in [2.05, 4.69) is 44.5 Å². The Labute approximate surface area is 322 Å². The standard InChI is InChI=1S/C28H22N6O17S5/c1-12(35)30-19-10-21(33-34-26-24(55(42,43)44)8-13-7-14(52-50-48-37)9-17(29)25(13)27(26)36)22(53-51-49-38)11-20(19)32-31-18-6-5-15-16(28(18)56(45,46)47)3-2-4-23(15)54(39,40)41/h2-11,36-38H,29H2,1H3,(H,30,35)(H,39,40,41)(H,42,43,44)(H,45,46,47). The first-order chi connectivity index (χ1) is 26.2. The molecule has 0 radical (unpaired) electrons. The molecule has 1 amide bonds. The van der Waals surface area contributed by atoms with Gasteiger partial charge >= 0.3 is 0 Å². The van der Waals surface area contributed by atoms with Gasteiger partial charge < -0.3 is 16.2 Å². The first-order valence-electron chi connectivity index (χ1n) is 14.4. The molecular weight excluding hydrogens is 853 g/mol. The minimum Gasteiger partial charge on any atom is -0.505 e. The van der Waals surface area contributed by atoms with Crippen LogP contribution in [0.5, 0.6) is 5.75 Å². The summed E-state index contributed by atoms with van der Waals surface area (Å²) in [6.45, 7) is 1.09. The van der Waals surface area contributed by atoms with Crippen molar-refractivity contribution < 1.29 is 78.1 Å². The van der Waals surface area contributed by atoms with Gasteiger partial charge in [0.15, 0.2) is 5.75 Å². The van der Waals surface area contributed by atoms with Crippen molar-refractivity contribution in [2.45, 2.75) is 31.4 Å². The Morgan fingerprint density at radius 1 is 0.732 bits per heavy atom. The lowest BCUT2D eigenvalue weighted by molar-refractivity contribution is -0.432. The van der Waals surface area contributed by atoms with E-state index in [0.717, 1.165) is 55.5 Å². The fourth-order valence-electron chi connectivity index (χ4n) is 5.09. The lowest BCUT2D eigenvalue weighted by Crippen LogP contribution is -2.06. The molecule has 0 atom stereocenters. The van der Waals surface area contributed by atoms with Gasteiger partial charge in [-0.15, -0.1) is 29.1 Å². The fraction of sp³-hybridized carbons (Fsp3) is 0.0357. The molecule has 0 heterocycles. The molecule has 296 valence electrons. The van der Waals surface area contributed by atoms with Crippen LogP contribution in [0.15, 0.2) is 106 Å². The second-order valence-corrected chi connectivity index (χ2v) is 16.4. The smallest absolute Gasteiger partial charge is 0.297 e. The number of fused-ring (bicyclic) bond motifs is 2. The van der Waals surface area contributed by atoms with Crippen LogP contribution in [0.25, 0.3) is 21.5 Å². The number of phenols is 1. The van der Waals surface area contributed by atoms with Gasteiger partial charge in [0, 0.05) is 33.7 Å². The van der Waals surface area contributed by atoms with Gasteiger partial charge in [0.2, 0.25) is 5.91 Å². The van der Waals surface area contributed by atoms with E-state index in [4.69, 9.17) is 16.2 Å².